The summed E-state index contributed by atoms with van der Waals surface area (Å²) in [5.74, 6) is -0.395. The van der Waals surface area contributed by atoms with Crippen LogP contribution in [-0.2, 0) is 4.74 Å². The molecule has 0 saturated heterocycles. The largest absolute Gasteiger partial charge is 0.462 e. The molecule has 0 bridgehead atoms. The van der Waals surface area contributed by atoms with Gasteiger partial charge in [0.15, 0.2) is 0 Å². The molecule has 0 saturated carbocycles. The summed E-state index contributed by atoms with van der Waals surface area (Å²) in [5, 5.41) is 0.330. The molecule has 0 aliphatic heterocycles. The summed E-state index contributed by atoms with van der Waals surface area (Å²) >= 11 is 5.86. The van der Waals surface area contributed by atoms with Crippen molar-refractivity contribution in [2.45, 2.75) is 19.8 Å². The summed E-state index contributed by atoms with van der Waals surface area (Å²) in [7, 11) is 5.51. The normalized spacial score (nSPS) is 10.0. The third-order valence-corrected chi connectivity index (χ3v) is 2.26. The molecule has 1 aromatic carbocycles. The molecule has 0 unspecified atom stereocenters. The van der Waals surface area contributed by atoms with Crippen LogP contribution in [0.15, 0.2) is 18.2 Å². The van der Waals surface area contributed by atoms with Gasteiger partial charge in [-0.05, 0) is 18.6 Å². The van der Waals surface area contributed by atoms with Gasteiger partial charge in [0, 0.05) is 0 Å². The quantitative estimate of drug-likeness (QED) is 0.443. The van der Waals surface area contributed by atoms with Crippen molar-refractivity contribution in [1.82, 2.24) is 0 Å². The summed E-state index contributed by atoms with van der Waals surface area (Å²) in [6, 6.07) is 4.74. The van der Waals surface area contributed by atoms with Gasteiger partial charge in [-0.25, -0.2) is 4.79 Å². The number of hydrogen-bond donors (Lipinski definition) is 0. The smallest absolute Gasteiger partial charge is 0.339 e. The van der Waals surface area contributed by atoms with Crippen LogP contribution in [0.25, 0.3) is 0 Å². The Kier molecular flexibility index (Phi) is 4.69. The zero-order valence-electron chi connectivity index (χ0n) is 8.63. The Morgan fingerprint density at radius 1 is 1.53 bits per heavy atom. The van der Waals surface area contributed by atoms with Gasteiger partial charge >= 0.3 is 5.97 Å². The van der Waals surface area contributed by atoms with E-state index in [-0.39, 0.29) is 0 Å². The fourth-order valence-electron chi connectivity index (χ4n) is 1.08. The number of rotatable bonds is 4. The average Bonchev–Trinajstić information content (AvgIpc) is 2.17. The number of carbonyl (C=O) groups excluding carboxylic acids is 1. The zero-order chi connectivity index (χ0) is 11.3. The highest BCUT2D eigenvalue weighted by Gasteiger charge is 2.10. The molecule has 0 N–H and O–H groups in total. The summed E-state index contributed by atoms with van der Waals surface area (Å²) in [4.78, 5) is 11.5. The van der Waals surface area contributed by atoms with Gasteiger partial charge in [-0.3, -0.25) is 0 Å². The van der Waals surface area contributed by atoms with E-state index in [2.05, 4.69) is 0 Å². The van der Waals surface area contributed by atoms with E-state index in [0.717, 1.165) is 12.8 Å². The van der Waals surface area contributed by atoms with E-state index in [4.69, 9.17) is 24.2 Å². The van der Waals surface area contributed by atoms with Crippen molar-refractivity contribution >= 4 is 30.9 Å². The molecule has 2 nitrogen and oxygen atoms in total. The maximum absolute atomic E-state index is 11.5. The summed E-state index contributed by atoms with van der Waals surface area (Å²) < 4.78 is 5.02. The molecule has 0 aromatic heterocycles. The average molecular weight is 222 g/mol. The molecule has 4 heteroatoms. The molecule has 0 amide bonds. The Morgan fingerprint density at radius 3 is 2.87 bits per heavy atom. The van der Waals surface area contributed by atoms with Crippen LogP contribution in [0.2, 0.25) is 5.02 Å². The minimum absolute atomic E-state index is 0.330. The Balaban J connectivity index is 2.65. The van der Waals surface area contributed by atoms with Crippen molar-refractivity contribution < 1.29 is 9.53 Å². The van der Waals surface area contributed by atoms with Crippen molar-refractivity contribution in [3.05, 3.63) is 28.8 Å². The molecular formula is C11H12BClO2. The van der Waals surface area contributed by atoms with Gasteiger partial charge in [-0.15, -0.1) is 0 Å². The van der Waals surface area contributed by atoms with Gasteiger partial charge in [-0.2, -0.15) is 0 Å². The Hall–Kier alpha value is -0.955. The number of esters is 1. The zero-order valence-corrected chi connectivity index (χ0v) is 9.38. The summed E-state index contributed by atoms with van der Waals surface area (Å²) in [6.07, 6.45) is 1.85. The van der Waals surface area contributed by atoms with Gasteiger partial charge in [0.2, 0.25) is 0 Å². The standard InChI is InChI=1S/C11H12BClO2/c1-2-3-6-15-11(14)9-5-4-8(12)7-10(9)13/h4-5,7H,2-3,6H2,1H3. The second-order valence-electron chi connectivity index (χ2n) is 3.23. The first-order valence-electron chi connectivity index (χ1n) is 4.87. The van der Waals surface area contributed by atoms with Gasteiger partial charge in [0.25, 0.3) is 0 Å². The first-order chi connectivity index (χ1) is 7.15. The van der Waals surface area contributed by atoms with Crippen LogP contribution in [0, 0.1) is 0 Å². The second kappa shape index (κ2) is 5.81. The summed E-state index contributed by atoms with van der Waals surface area (Å²) in [5.41, 5.74) is 0.895. The molecule has 1 rings (SSSR count). The highest BCUT2D eigenvalue weighted by molar-refractivity contribution is 6.37. The molecule has 0 spiro atoms. The highest BCUT2D eigenvalue weighted by atomic mass is 35.5. The molecular weight excluding hydrogens is 210 g/mol. The van der Waals surface area contributed by atoms with Crippen LogP contribution in [0.1, 0.15) is 30.1 Å². The van der Waals surface area contributed by atoms with Crippen LogP contribution in [0.3, 0.4) is 0 Å². The van der Waals surface area contributed by atoms with Crippen LogP contribution in [-0.4, -0.2) is 20.4 Å². The van der Waals surface area contributed by atoms with Crippen LogP contribution in [0.4, 0.5) is 0 Å². The number of benzene rings is 1. The van der Waals surface area contributed by atoms with Crippen molar-refractivity contribution in [3.8, 4) is 0 Å². The Labute approximate surface area is 96.0 Å². The highest BCUT2D eigenvalue weighted by Crippen LogP contribution is 2.14. The fourth-order valence-corrected chi connectivity index (χ4v) is 1.35. The lowest BCUT2D eigenvalue weighted by molar-refractivity contribution is 0.0500. The number of ether oxygens (including phenoxy) is 1. The van der Waals surface area contributed by atoms with E-state index in [1.807, 2.05) is 6.92 Å². The van der Waals surface area contributed by atoms with Gasteiger partial charge in [0.1, 0.15) is 7.85 Å². The van der Waals surface area contributed by atoms with Crippen molar-refractivity contribution in [1.29, 1.82) is 0 Å². The molecule has 78 valence electrons. The third-order valence-electron chi connectivity index (χ3n) is 1.94. The lowest BCUT2D eigenvalue weighted by Gasteiger charge is -2.06. The van der Waals surface area contributed by atoms with Crippen LogP contribution < -0.4 is 5.46 Å². The van der Waals surface area contributed by atoms with E-state index >= 15 is 0 Å². The molecule has 0 aliphatic rings. The Bertz CT molecular complexity index is 352. The molecule has 1 aromatic rings. The van der Waals surface area contributed by atoms with E-state index in [9.17, 15) is 4.79 Å². The van der Waals surface area contributed by atoms with E-state index < -0.39 is 5.97 Å². The predicted octanol–water partition coefficient (Wildman–Crippen LogP) is 2.09. The maximum Gasteiger partial charge on any atom is 0.339 e. The third kappa shape index (κ3) is 3.59. The Morgan fingerprint density at radius 2 is 2.27 bits per heavy atom. The summed E-state index contributed by atoms with van der Waals surface area (Å²) in [6.45, 7) is 2.46. The second-order valence-corrected chi connectivity index (χ2v) is 3.64. The lowest BCUT2D eigenvalue weighted by Crippen LogP contribution is -2.10. The van der Waals surface area contributed by atoms with Crippen molar-refractivity contribution in [3.63, 3.8) is 0 Å². The SMILES string of the molecule is [B]c1ccc(C(=O)OCCCC)c(Cl)c1. The molecule has 2 radical (unpaired) electrons. The van der Waals surface area contributed by atoms with Gasteiger partial charge < -0.3 is 4.74 Å². The maximum atomic E-state index is 11.5. The van der Waals surface area contributed by atoms with Crippen molar-refractivity contribution in [2.75, 3.05) is 6.61 Å². The fraction of sp³-hybridized carbons (Fsp3) is 0.364. The van der Waals surface area contributed by atoms with E-state index in [0.29, 0.717) is 22.7 Å². The molecule has 0 aliphatic carbocycles. The van der Waals surface area contributed by atoms with E-state index in [1.165, 1.54) is 6.07 Å². The minimum Gasteiger partial charge on any atom is -0.462 e. The van der Waals surface area contributed by atoms with Gasteiger partial charge in [-0.1, -0.05) is 36.5 Å². The molecule has 0 atom stereocenters. The van der Waals surface area contributed by atoms with Crippen LogP contribution >= 0.6 is 11.6 Å². The number of carbonyl (C=O) groups is 1. The van der Waals surface area contributed by atoms with Crippen molar-refractivity contribution in [2.24, 2.45) is 0 Å². The topological polar surface area (TPSA) is 26.3 Å². The van der Waals surface area contributed by atoms with Gasteiger partial charge in [0.05, 0.1) is 17.2 Å². The molecule has 15 heavy (non-hydrogen) atoms. The predicted molar refractivity (Wildman–Crippen MR) is 62.0 cm³/mol. The molecule has 0 fully saturated rings. The number of halogens is 1. The minimum atomic E-state index is -0.395. The first-order valence-corrected chi connectivity index (χ1v) is 5.25. The molecule has 0 heterocycles. The van der Waals surface area contributed by atoms with Crippen LogP contribution in [0.5, 0.6) is 0 Å². The monoisotopic (exact) mass is 222 g/mol. The number of hydrogen-bond acceptors (Lipinski definition) is 2. The number of unbranched alkanes of at least 4 members (excludes halogenated alkanes) is 1. The lowest BCUT2D eigenvalue weighted by atomic mass is 9.95. The first kappa shape index (κ1) is 12.1. The van der Waals surface area contributed by atoms with E-state index in [1.54, 1.807) is 12.1 Å².